The zero-order valence-electron chi connectivity index (χ0n) is 8.99. The minimum Gasteiger partial charge on any atom is -0.379 e. The summed E-state index contributed by atoms with van der Waals surface area (Å²) in [6.45, 7) is 2.61. The third-order valence-electron chi connectivity index (χ3n) is 2.48. The van der Waals surface area contributed by atoms with Gasteiger partial charge in [-0.1, -0.05) is 6.07 Å². The molecule has 2 aromatic rings. The molecule has 4 nitrogen and oxygen atoms in total. The lowest BCUT2D eigenvalue weighted by molar-refractivity contribution is 0.980. The summed E-state index contributed by atoms with van der Waals surface area (Å²) >= 11 is 0. The van der Waals surface area contributed by atoms with E-state index in [4.69, 9.17) is 5.26 Å². The van der Waals surface area contributed by atoms with Gasteiger partial charge in [-0.05, 0) is 30.7 Å². The molecule has 0 unspecified atom stereocenters. The van der Waals surface area contributed by atoms with Crippen molar-refractivity contribution in [1.29, 1.82) is 5.26 Å². The topological polar surface area (TPSA) is 64.5 Å². The Morgan fingerprint density at radius 2 is 2.31 bits per heavy atom. The summed E-state index contributed by atoms with van der Waals surface area (Å²) in [6, 6.07) is 9.74. The highest BCUT2D eigenvalue weighted by atomic mass is 15.1. The van der Waals surface area contributed by atoms with Crippen LogP contribution in [0, 0.1) is 18.3 Å². The summed E-state index contributed by atoms with van der Waals surface area (Å²) in [4.78, 5) is 0. The Balaban J connectivity index is 2.13. The molecule has 0 aliphatic heterocycles. The van der Waals surface area contributed by atoms with E-state index >= 15 is 0 Å². The van der Waals surface area contributed by atoms with Gasteiger partial charge in [0, 0.05) is 11.9 Å². The monoisotopic (exact) mass is 212 g/mol. The molecule has 0 saturated heterocycles. The van der Waals surface area contributed by atoms with Crippen molar-refractivity contribution in [3.05, 3.63) is 47.3 Å². The van der Waals surface area contributed by atoms with E-state index in [-0.39, 0.29) is 0 Å². The normalized spacial score (nSPS) is 9.75. The van der Waals surface area contributed by atoms with E-state index < -0.39 is 0 Å². The van der Waals surface area contributed by atoms with Gasteiger partial charge in [0.05, 0.1) is 23.9 Å². The smallest absolute Gasteiger partial charge is 0.0995 e. The van der Waals surface area contributed by atoms with Gasteiger partial charge >= 0.3 is 0 Å². The van der Waals surface area contributed by atoms with Crippen LogP contribution >= 0.6 is 0 Å². The summed E-state index contributed by atoms with van der Waals surface area (Å²) in [5.74, 6) is 0. The van der Waals surface area contributed by atoms with E-state index in [1.165, 1.54) is 0 Å². The van der Waals surface area contributed by atoms with Crippen LogP contribution in [0.1, 0.15) is 16.8 Å². The second kappa shape index (κ2) is 4.49. The molecule has 0 aliphatic carbocycles. The molecular formula is C12H12N4. The maximum atomic E-state index is 8.90. The van der Waals surface area contributed by atoms with Crippen LogP contribution in [-0.4, -0.2) is 10.2 Å². The van der Waals surface area contributed by atoms with Crippen LogP contribution in [0.3, 0.4) is 0 Å². The number of aromatic amines is 1. The molecule has 0 spiro atoms. The van der Waals surface area contributed by atoms with Gasteiger partial charge < -0.3 is 5.32 Å². The Morgan fingerprint density at radius 3 is 3.00 bits per heavy atom. The Morgan fingerprint density at radius 1 is 1.44 bits per heavy atom. The van der Waals surface area contributed by atoms with Crippen LogP contribution in [0.2, 0.25) is 0 Å². The minimum absolute atomic E-state index is 0.676. The van der Waals surface area contributed by atoms with Crippen LogP contribution in [0.5, 0.6) is 0 Å². The first-order valence-electron chi connectivity index (χ1n) is 5.03. The maximum Gasteiger partial charge on any atom is 0.0995 e. The van der Waals surface area contributed by atoms with Crippen LogP contribution in [0.25, 0.3) is 0 Å². The third-order valence-corrected chi connectivity index (χ3v) is 2.48. The maximum absolute atomic E-state index is 8.90. The van der Waals surface area contributed by atoms with Gasteiger partial charge in [0.1, 0.15) is 0 Å². The van der Waals surface area contributed by atoms with Crippen LogP contribution in [0.15, 0.2) is 30.5 Å². The fourth-order valence-corrected chi connectivity index (χ4v) is 1.52. The zero-order valence-corrected chi connectivity index (χ0v) is 8.99. The van der Waals surface area contributed by atoms with Crippen LogP contribution in [0.4, 0.5) is 5.69 Å². The Labute approximate surface area is 93.9 Å². The lowest BCUT2D eigenvalue weighted by atomic mass is 10.1. The van der Waals surface area contributed by atoms with E-state index in [1.807, 2.05) is 31.2 Å². The molecule has 0 radical (unpaired) electrons. The van der Waals surface area contributed by atoms with Crippen molar-refractivity contribution >= 4 is 5.69 Å². The molecule has 0 saturated carbocycles. The molecule has 0 atom stereocenters. The highest BCUT2D eigenvalue weighted by Crippen LogP contribution is 2.18. The Bertz CT molecular complexity index is 508. The molecule has 0 amide bonds. The molecule has 80 valence electrons. The fraction of sp³-hybridized carbons (Fsp3) is 0.167. The highest BCUT2D eigenvalue weighted by Gasteiger charge is 2.02. The lowest BCUT2D eigenvalue weighted by Gasteiger charge is -2.09. The lowest BCUT2D eigenvalue weighted by Crippen LogP contribution is -2.02. The van der Waals surface area contributed by atoms with Crippen LogP contribution < -0.4 is 5.32 Å². The Kier molecular flexibility index (Phi) is 2.88. The molecule has 4 heteroatoms. The number of nitriles is 1. The molecule has 0 bridgehead atoms. The third kappa shape index (κ3) is 2.04. The first-order chi connectivity index (χ1) is 7.81. The van der Waals surface area contributed by atoms with Crippen molar-refractivity contribution in [1.82, 2.24) is 10.2 Å². The summed E-state index contributed by atoms with van der Waals surface area (Å²) in [5, 5.41) is 18.9. The van der Waals surface area contributed by atoms with E-state index in [0.29, 0.717) is 12.1 Å². The summed E-state index contributed by atoms with van der Waals surface area (Å²) in [5.41, 5.74) is 3.68. The number of rotatable bonds is 3. The van der Waals surface area contributed by atoms with Gasteiger partial charge in [0.15, 0.2) is 0 Å². The van der Waals surface area contributed by atoms with E-state index in [0.717, 1.165) is 16.9 Å². The molecule has 1 aromatic heterocycles. The number of hydrogen-bond acceptors (Lipinski definition) is 3. The Hall–Kier alpha value is -2.28. The first-order valence-corrected chi connectivity index (χ1v) is 5.03. The van der Waals surface area contributed by atoms with Crippen molar-refractivity contribution in [2.24, 2.45) is 0 Å². The number of anilines is 1. The highest BCUT2D eigenvalue weighted by molar-refractivity contribution is 5.57. The summed E-state index contributed by atoms with van der Waals surface area (Å²) in [7, 11) is 0. The van der Waals surface area contributed by atoms with Gasteiger partial charge in [-0.2, -0.15) is 10.4 Å². The number of nitrogens with zero attached hydrogens (tertiary/aromatic N) is 2. The summed E-state index contributed by atoms with van der Waals surface area (Å²) in [6.07, 6.45) is 1.72. The molecule has 16 heavy (non-hydrogen) atoms. The average Bonchev–Trinajstić information content (AvgIpc) is 2.81. The molecular weight excluding hydrogens is 200 g/mol. The van der Waals surface area contributed by atoms with E-state index in [1.54, 1.807) is 6.20 Å². The number of aromatic nitrogens is 2. The molecule has 0 aliphatic rings. The number of H-pyrrole nitrogens is 1. The average molecular weight is 212 g/mol. The van der Waals surface area contributed by atoms with Gasteiger partial charge in [0.2, 0.25) is 0 Å². The standard InChI is InChI=1S/C12H12N4/c1-9-10(7-13)3-2-4-12(9)14-8-11-5-6-15-16-11/h2-6,14H,8H2,1H3,(H,15,16). The largest absolute Gasteiger partial charge is 0.379 e. The molecule has 1 aromatic carbocycles. The number of nitrogens with one attached hydrogen (secondary N) is 2. The van der Waals surface area contributed by atoms with Gasteiger partial charge in [-0.25, -0.2) is 0 Å². The molecule has 2 rings (SSSR count). The predicted molar refractivity (Wildman–Crippen MR) is 61.8 cm³/mol. The molecule has 1 heterocycles. The van der Waals surface area contributed by atoms with Gasteiger partial charge in [-0.15, -0.1) is 0 Å². The number of hydrogen-bond donors (Lipinski definition) is 2. The number of benzene rings is 1. The summed E-state index contributed by atoms with van der Waals surface area (Å²) < 4.78 is 0. The zero-order chi connectivity index (χ0) is 11.4. The molecule has 2 N–H and O–H groups in total. The van der Waals surface area contributed by atoms with Gasteiger partial charge in [-0.3, -0.25) is 5.10 Å². The fourth-order valence-electron chi connectivity index (χ4n) is 1.52. The van der Waals surface area contributed by atoms with Crippen LogP contribution in [-0.2, 0) is 6.54 Å². The quantitative estimate of drug-likeness (QED) is 0.819. The van der Waals surface area contributed by atoms with Crippen molar-refractivity contribution in [3.8, 4) is 6.07 Å². The van der Waals surface area contributed by atoms with E-state index in [9.17, 15) is 0 Å². The minimum atomic E-state index is 0.676. The van der Waals surface area contributed by atoms with Gasteiger partial charge in [0.25, 0.3) is 0 Å². The second-order valence-electron chi connectivity index (χ2n) is 3.53. The van der Waals surface area contributed by atoms with Crippen molar-refractivity contribution in [2.45, 2.75) is 13.5 Å². The van der Waals surface area contributed by atoms with Crippen molar-refractivity contribution < 1.29 is 0 Å². The van der Waals surface area contributed by atoms with Crippen molar-refractivity contribution in [3.63, 3.8) is 0 Å². The first kappa shape index (κ1) is 10.2. The van der Waals surface area contributed by atoms with E-state index in [2.05, 4.69) is 21.6 Å². The second-order valence-corrected chi connectivity index (χ2v) is 3.53. The predicted octanol–water partition coefficient (Wildman–Crippen LogP) is 2.20. The SMILES string of the molecule is Cc1c(C#N)cccc1NCc1ccn[nH]1. The van der Waals surface area contributed by atoms with Crippen molar-refractivity contribution in [2.75, 3.05) is 5.32 Å². The molecule has 0 fully saturated rings.